The van der Waals surface area contributed by atoms with Gasteiger partial charge < -0.3 is 71.5 Å². The molecule has 0 aliphatic heterocycles. The van der Waals surface area contributed by atoms with Crippen LogP contribution in [0.1, 0.15) is 497 Å². The summed E-state index contributed by atoms with van der Waals surface area (Å²) >= 11 is 1.53. The molecule has 20 nitrogen and oxygen atoms in total. The number of phenols is 4. The van der Waals surface area contributed by atoms with Crippen LogP contribution in [0.5, 0.6) is 23.0 Å². The van der Waals surface area contributed by atoms with E-state index < -0.39 is 73.1 Å². The highest BCUT2D eigenvalue weighted by atomic mass is 32.2. The molecule has 0 aromatic heterocycles. The van der Waals surface area contributed by atoms with Gasteiger partial charge in [-0.05, 0) is 149 Å². The Morgan fingerprint density at radius 3 is 0.522 bits per heavy atom. The maximum Gasteiger partial charge on any atom is 0.310 e. The third kappa shape index (κ3) is 56.5. The first-order valence-corrected chi connectivity index (χ1v) is 52.9. The van der Waals surface area contributed by atoms with Crippen molar-refractivity contribution in [1.82, 2.24) is 0 Å². The van der Waals surface area contributed by atoms with E-state index in [4.69, 9.17) is 46.0 Å². The van der Waals surface area contributed by atoms with Crippen molar-refractivity contribution in [3.05, 3.63) is 115 Å². The first-order chi connectivity index (χ1) is 62.9. The summed E-state index contributed by atoms with van der Waals surface area (Å²) in [5.41, 5.74) is 7.70. The molecule has 0 saturated heterocycles. The van der Waals surface area contributed by atoms with Crippen molar-refractivity contribution in [2.45, 2.75) is 499 Å². The van der Waals surface area contributed by atoms with Crippen LogP contribution in [0.2, 0.25) is 0 Å². The summed E-state index contributed by atoms with van der Waals surface area (Å²) in [6.45, 7) is 52.2. The van der Waals surface area contributed by atoms with Crippen LogP contribution in [0, 0.1) is 10.8 Å². The van der Waals surface area contributed by atoms with Gasteiger partial charge in [-0.3, -0.25) is 28.8 Å². The minimum Gasteiger partial charge on any atom is -0.507 e. The molecule has 4 rings (SSSR count). The van der Waals surface area contributed by atoms with E-state index in [0.29, 0.717) is 60.2 Å². The molecule has 0 heterocycles. The zero-order valence-corrected chi connectivity index (χ0v) is 91.2. The van der Waals surface area contributed by atoms with Crippen LogP contribution < -0.4 is 0 Å². The van der Waals surface area contributed by atoms with Crippen molar-refractivity contribution in [3.8, 4) is 23.0 Å². The number of aliphatic hydroxyl groups excluding tert-OH is 4. The van der Waals surface area contributed by atoms with Gasteiger partial charge in [-0.15, -0.1) is 0 Å². The standard InChI is InChI=1S/C42H82O4S.4C17H26O3.C5H12O4/c1-3-5-7-9-11-13-15-17-19-21-23-25-27-29-31-33-36-42(41(45)46,39-47-38-35-40(43)44)37-34-32-30-28-26-24-22-20-18-16-14-12-10-8-6-4-2;4*1-16(2,3)12-9-11(7-8-14(18)19)10-13(15(12)20)17(4,5)6;6-1-5(2-7,3-8)4-9/h3-39H2,1-2H3,(H,43,44)(H,45,46);4*9-10,20H,7-8H2,1-6H3,(H,18,19);6-9H,1-4H2. The normalized spacial score (nSPS) is 12.2. The van der Waals surface area contributed by atoms with E-state index in [9.17, 15) is 54.3 Å². The molecule has 4 aromatic rings. The van der Waals surface area contributed by atoms with Gasteiger partial charge in [0.15, 0.2) is 0 Å². The molecule has 0 saturated carbocycles. The molecule has 0 fully saturated rings. The summed E-state index contributed by atoms with van der Waals surface area (Å²) in [5, 5.41) is 131. The Balaban J connectivity index is 0. The van der Waals surface area contributed by atoms with E-state index in [2.05, 4.69) is 180 Å². The molecule has 21 heteroatoms. The maximum atomic E-state index is 12.6. The van der Waals surface area contributed by atoms with Gasteiger partial charge >= 0.3 is 35.8 Å². The summed E-state index contributed by atoms with van der Waals surface area (Å²) in [6, 6.07) is 15.5. The van der Waals surface area contributed by atoms with Crippen molar-refractivity contribution in [2.24, 2.45) is 10.8 Å². The number of benzene rings is 4. The maximum absolute atomic E-state index is 12.6. The highest BCUT2D eigenvalue weighted by Gasteiger charge is 2.38. The number of phenolic OH excluding ortho intramolecular Hbond substituents is 4. The Morgan fingerprint density at radius 1 is 0.243 bits per heavy atom. The Hall–Kier alpha value is -6.91. The highest BCUT2D eigenvalue weighted by Crippen LogP contribution is 2.46. The summed E-state index contributed by atoms with van der Waals surface area (Å²) < 4.78 is 0. The second-order valence-corrected chi connectivity index (χ2v) is 47.9. The average Bonchev–Trinajstić information content (AvgIpc) is 0.795. The molecule has 136 heavy (non-hydrogen) atoms. The third-order valence-electron chi connectivity index (χ3n) is 25.3. The van der Waals surface area contributed by atoms with E-state index in [1.54, 1.807) is 0 Å². The number of hydrogen-bond acceptors (Lipinski definition) is 15. The van der Waals surface area contributed by atoms with Crippen LogP contribution in [-0.2, 0) is 97.8 Å². The zero-order valence-electron chi connectivity index (χ0n) is 90.4. The number of aryl methyl sites for hydroxylation is 4. The third-order valence-corrected chi connectivity index (χ3v) is 26.6. The largest absolute Gasteiger partial charge is 0.507 e. The average molecular weight is 1930 g/mol. The monoisotopic (exact) mass is 1930 g/mol. The summed E-state index contributed by atoms with van der Waals surface area (Å²) in [7, 11) is 0. The fourth-order valence-corrected chi connectivity index (χ4v) is 17.5. The fourth-order valence-electron chi connectivity index (χ4n) is 16.2. The first-order valence-electron chi connectivity index (χ1n) is 51.7. The number of rotatable bonds is 56. The van der Waals surface area contributed by atoms with Crippen LogP contribution >= 0.6 is 11.8 Å². The van der Waals surface area contributed by atoms with Gasteiger partial charge in [-0.2, -0.15) is 11.8 Å². The molecule has 0 amide bonds. The number of carboxylic acids is 6. The van der Waals surface area contributed by atoms with Gasteiger partial charge in [0.1, 0.15) is 23.0 Å². The number of thioether (sulfide) groups is 1. The van der Waals surface area contributed by atoms with Crippen LogP contribution in [0.3, 0.4) is 0 Å². The zero-order chi connectivity index (χ0) is 105. The minimum absolute atomic E-state index is 0.109. The van der Waals surface area contributed by atoms with Crippen LogP contribution in [0.15, 0.2) is 48.5 Å². The Labute approximate surface area is 829 Å². The summed E-state index contributed by atoms with van der Waals surface area (Å²) in [6.07, 6.45) is 46.3. The molecule has 0 radical (unpaired) electrons. The van der Waals surface area contributed by atoms with Crippen LogP contribution in [-0.4, -0.2) is 145 Å². The highest BCUT2D eigenvalue weighted by molar-refractivity contribution is 7.99. The number of aliphatic carboxylic acids is 6. The second kappa shape index (κ2) is 66.0. The lowest BCUT2D eigenvalue weighted by Crippen LogP contribution is -2.37. The van der Waals surface area contributed by atoms with Crippen molar-refractivity contribution in [1.29, 1.82) is 0 Å². The lowest BCUT2D eigenvalue weighted by Gasteiger charge is -2.29. The van der Waals surface area contributed by atoms with E-state index in [1.807, 2.05) is 48.5 Å². The van der Waals surface area contributed by atoms with Crippen molar-refractivity contribution in [2.75, 3.05) is 37.9 Å². The quantitative estimate of drug-likeness (QED) is 0.0183. The van der Waals surface area contributed by atoms with Crippen molar-refractivity contribution >= 4 is 47.6 Å². The number of unbranched alkanes of at least 4 members (excludes halogenated alkanes) is 30. The minimum atomic E-state index is -1.11. The Kier molecular flexibility index (Phi) is 63.6. The summed E-state index contributed by atoms with van der Waals surface area (Å²) in [5.74, 6) is -2.26. The van der Waals surface area contributed by atoms with Crippen LogP contribution in [0.25, 0.3) is 0 Å². The summed E-state index contributed by atoms with van der Waals surface area (Å²) in [4.78, 5) is 66.6. The lowest BCUT2D eigenvalue weighted by atomic mass is 9.78. The van der Waals surface area contributed by atoms with E-state index in [1.165, 1.54) is 192 Å². The topological polar surface area (TPSA) is 386 Å². The molecule has 0 aliphatic carbocycles. The van der Waals surface area contributed by atoms with E-state index in [-0.39, 0.29) is 75.4 Å². The number of carboxylic acid groups (broad SMARTS) is 6. The van der Waals surface area contributed by atoms with Crippen molar-refractivity contribution < 1.29 is 100 Å². The van der Waals surface area contributed by atoms with E-state index >= 15 is 0 Å². The molecule has 0 bridgehead atoms. The van der Waals surface area contributed by atoms with E-state index in [0.717, 1.165) is 105 Å². The molecular weight excluding hydrogens is 1730 g/mol. The van der Waals surface area contributed by atoms with Crippen molar-refractivity contribution in [3.63, 3.8) is 0 Å². The van der Waals surface area contributed by atoms with Gasteiger partial charge in [-0.25, -0.2) is 0 Å². The van der Waals surface area contributed by atoms with Gasteiger partial charge in [0.05, 0.1) is 43.7 Å². The molecule has 0 spiro atoms. The number of carbonyl (C=O) groups is 6. The molecule has 4 aromatic carbocycles. The van der Waals surface area contributed by atoms with Gasteiger partial charge in [0.25, 0.3) is 0 Å². The fraction of sp³-hybridized carbons (Fsp3) is 0.739. The number of aliphatic hydroxyl groups is 4. The Morgan fingerprint density at radius 2 is 0.397 bits per heavy atom. The predicted molar refractivity (Wildman–Crippen MR) is 565 cm³/mol. The first kappa shape index (κ1) is 131. The molecule has 14 N–H and O–H groups in total. The smallest absolute Gasteiger partial charge is 0.310 e. The second-order valence-electron chi connectivity index (χ2n) is 46.8. The van der Waals surface area contributed by atoms with Gasteiger partial charge in [0, 0.05) is 37.2 Å². The van der Waals surface area contributed by atoms with Gasteiger partial charge in [0.2, 0.25) is 0 Å². The van der Waals surface area contributed by atoms with Gasteiger partial charge in [-0.1, -0.05) is 434 Å². The molecule has 0 unspecified atom stereocenters. The molecular formula is C115H198O20S. The number of hydrogen-bond donors (Lipinski definition) is 14. The molecule has 784 valence electrons. The SMILES string of the molecule is CC(C)(C)c1cc(CCC(=O)O)cc(C(C)(C)C)c1O.CC(C)(C)c1cc(CCC(=O)O)cc(C(C)(C)C)c1O.CC(C)(C)c1cc(CCC(=O)O)cc(C(C)(C)C)c1O.CC(C)(C)c1cc(CCC(=O)O)cc(C(C)(C)C)c1O.CCCCCCCCCCCCCCCCCCC(CCCCCCCCCCCCCCCCCC)(CSCCC(=O)O)C(=O)O.OCC(CO)(CO)CO. The Bertz CT molecular complexity index is 3440. The lowest BCUT2D eigenvalue weighted by molar-refractivity contribution is -0.148. The molecule has 0 aliphatic rings. The number of aromatic hydroxyl groups is 4. The molecule has 0 atom stereocenters. The van der Waals surface area contributed by atoms with Crippen LogP contribution in [0.4, 0.5) is 0 Å². The predicted octanol–water partition coefficient (Wildman–Crippen LogP) is 28.5.